The maximum absolute atomic E-state index is 13.5. The molecule has 0 aliphatic carbocycles. The quantitative estimate of drug-likeness (QED) is 0.671. The van der Waals surface area contributed by atoms with Crippen LogP contribution >= 0.6 is 11.3 Å². The monoisotopic (exact) mass is 391 g/mol. The fourth-order valence-electron chi connectivity index (χ4n) is 2.57. The molecule has 27 heavy (non-hydrogen) atoms. The van der Waals surface area contributed by atoms with E-state index in [2.05, 4.69) is 4.98 Å². The number of para-hydroxylation sites is 1. The molecule has 0 bridgehead atoms. The molecule has 4 nitrogen and oxygen atoms in total. The van der Waals surface area contributed by atoms with Crippen molar-refractivity contribution in [1.82, 2.24) is 4.98 Å². The zero-order valence-corrected chi connectivity index (χ0v) is 15.4. The van der Waals surface area contributed by atoms with Crippen LogP contribution in [0.2, 0.25) is 0 Å². The largest absolute Gasteiger partial charge is 0.417 e. The molecule has 0 atom stereocenters. The summed E-state index contributed by atoms with van der Waals surface area (Å²) in [6, 6.07) is 11.1. The van der Waals surface area contributed by atoms with Crippen LogP contribution in [0.15, 0.2) is 42.5 Å². The highest BCUT2D eigenvalue weighted by atomic mass is 32.1. The van der Waals surface area contributed by atoms with E-state index in [9.17, 15) is 18.0 Å². The summed E-state index contributed by atoms with van der Waals surface area (Å²) < 4.78 is 41.4. The zero-order chi connectivity index (χ0) is 19.8. The van der Waals surface area contributed by atoms with E-state index in [1.54, 1.807) is 37.2 Å². The Morgan fingerprint density at radius 3 is 2.48 bits per heavy atom. The molecular weight excluding hydrogens is 375 g/mol. The number of halogens is 3. The first-order valence-corrected chi connectivity index (χ1v) is 8.74. The molecule has 0 aliphatic rings. The first-order valence-electron chi connectivity index (χ1n) is 7.93. The molecular formula is C19H16F3N3OS. The molecule has 0 aliphatic heterocycles. The second-order valence-electron chi connectivity index (χ2n) is 6.07. The van der Waals surface area contributed by atoms with E-state index >= 15 is 0 Å². The smallest absolute Gasteiger partial charge is 0.378 e. The number of nitrogens with two attached hydrogens (primary N) is 1. The number of rotatable bonds is 4. The van der Waals surface area contributed by atoms with Crippen LogP contribution in [0, 0.1) is 0 Å². The third-order valence-corrected chi connectivity index (χ3v) is 5.02. The Balaban J connectivity index is 2.17. The van der Waals surface area contributed by atoms with Gasteiger partial charge in [0.05, 0.1) is 21.4 Å². The lowest BCUT2D eigenvalue weighted by Crippen LogP contribution is -2.15. The molecule has 0 saturated carbocycles. The Morgan fingerprint density at radius 1 is 1.19 bits per heavy atom. The van der Waals surface area contributed by atoms with Gasteiger partial charge in [-0.25, -0.2) is 4.98 Å². The maximum atomic E-state index is 13.5. The van der Waals surface area contributed by atoms with Gasteiger partial charge in [-0.3, -0.25) is 4.79 Å². The van der Waals surface area contributed by atoms with Gasteiger partial charge in [0.25, 0.3) is 5.91 Å². The number of benzene rings is 2. The molecule has 1 heterocycles. The van der Waals surface area contributed by atoms with Crippen LogP contribution in [0.1, 0.15) is 16.1 Å². The number of aromatic nitrogens is 1. The van der Waals surface area contributed by atoms with E-state index in [4.69, 9.17) is 5.73 Å². The maximum Gasteiger partial charge on any atom is 0.417 e. The Morgan fingerprint density at radius 2 is 1.89 bits per heavy atom. The van der Waals surface area contributed by atoms with Gasteiger partial charge in [-0.05, 0) is 35.9 Å². The molecule has 140 valence electrons. The number of amides is 1. The van der Waals surface area contributed by atoms with E-state index in [0.29, 0.717) is 11.2 Å². The summed E-state index contributed by atoms with van der Waals surface area (Å²) in [5.41, 5.74) is 5.47. The highest BCUT2D eigenvalue weighted by Gasteiger charge is 2.33. The van der Waals surface area contributed by atoms with Gasteiger partial charge in [-0.15, -0.1) is 11.3 Å². The number of alkyl halides is 3. The molecule has 0 spiro atoms. The average Bonchev–Trinajstić information content (AvgIpc) is 3.01. The van der Waals surface area contributed by atoms with E-state index in [-0.39, 0.29) is 16.1 Å². The van der Waals surface area contributed by atoms with Gasteiger partial charge in [0.15, 0.2) is 0 Å². The molecule has 1 aromatic heterocycles. The number of nitrogens with zero attached hydrogens (tertiary/aromatic N) is 2. The Bertz CT molecular complexity index is 1010. The normalized spacial score (nSPS) is 12.4. The summed E-state index contributed by atoms with van der Waals surface area (Å²) in [6.07, 6.45) is -3.42. The summed E-state index contributed by atoms with van der Waals surface area (Å²) in [4.78, 5) is 17.9. The van der Waals surface area contributed by atoms with Crippen LogP contribution in [0.5, 0.6) is 0 Å². The predicted octanol–water partition coefficient (Wildman–Crippen LogP) is 4.41. The number of hydrogen-bond donors (Lipinski definition) is 1. The topological polar surface area (TPSA) is 59.2 Å². The summed E-state index contributed by atoms with van der Waals surface area (Å²) in [7, 11) is 3.31. The van der Waals surface area contributed by atoms with Crippen molar-refractivity contribution in [2.75, 3.05) is 19.0 Å². The van der Waals surface area contributed by atoms with Crippen molar-refractivity contribution in [1.29, 1.82) is 0 Å². The second kappa shape index (κ2) is 7.03. The van der Waals surface area contributed by atoms with Crippen molar-refractivity contribution in [3.63, 3.8) is 0 Å². The Hall–Kier alpha value is -2.87. The zero-order valence-electron chi connectivity index (χ0n) is 14.5. The molecule has 3 aromatic rings. The van der Waals surface area contributed by atoms with Crippen LogP contribution in [-0.2, 0) is 11.0 Å². The minimum Gasteiger partial charge on any atom is -0.378 e. The third-order valence-electron chi connectivity index (χ3n) is 3.95. The van der Waals surface area contributed by atoms with E-state index in [1.807, 2.05) is 12.1 Å². The highest BCUT2D eigenvalue weighted by Crippen LogP contribution is 2.36. The molecule has 2 aromatic carbocycles. The number of carbonyl (C=O) groups is 1. The average molecular weight is 391 g/mol. The third kappa shape index (κ3) is 3.95. The minimum absolute atomic E-state index is 0.0562. The molecule has 0 saturated heterocycles. The van der Waals surface area contributed by atoms with Gasteiger partial charge in [0.2, 0.25) is 0 Å². The van der Waals surface area contributed by atoms with Crippen molar-refractivity contribution < 1.29 is 18.0 Å². The summed E-state index contributed by atoms with van der Waals surface area (Å²) in [5.74, 6) is -0.834. The van der Waals surface area contributed by atoms with Crippen LogP contribution in [0.4, 0.5) is 18.9 Å². The molecule has 2 N–H and O–H groups in total. The number of carbonyl (C=O) groups excluding carboxylic acids is 1. The van der Waals surface area contributed by atoms with E-state index in [0.717, 1.165) is 16.8 Å². The SMILES string of the molecule is CN(C)c1ccc(/C=C(\C(N)=O)c2nc3ccccc3s2)c(C(F)(F)F)c1. The fourth-order valence-corrected chi connectivity index (χ4v) is 3.56. The molecule has 8 heteroatoms. The van der Waals surface area contributed by atoms with Crippen molar-refractivity contribution >= 4 is 44.8 Å². The molecule has 0 fully saturated rings. The van der Waals surface area contributed by atoms with Crippen molar-refractivity contribution in [3.8, 4) is 0 Å². The molecule has 0 unspecified atom stereocenters. The lowest BCUT2D eigenvalue weighted by molar-refractivity contribution is -0.137. The van der Waals surface area contributed by atoms with Gasteiger partial charge in [0, 0.05) is 19.8 Å². The molecule has 0 radical (unpaired) electrons. The van der Waals surface area contributed by atoms with Crippen molar-refractivity contribution in [3.05, 3.63) is 58.6 Å². The van der Waals surface area contributed by atoms with Gasteiger partial charge < -0.3 is 10.6 Å². The van der Waals surface area contributed by atoms with E-state index < -0.39 is 17.6 Å². The number of hydrogen-bond acceptors (Lipinski definition) is 4. The highest BCUT2D eigenvalue weighted by molar-refractivity contribution is 7.19. The Kier molecular flexibility index (Phi) is 4.93. The van der Waals surface area contributed by atoms with Crippen molar-refractivity contribution in [2.24, 2.45) is 5.73 Å². The lowest BCUT2D eigenvalue weighted by Gasteiger charge is -2.17. The summed E-state index contributed by atoms with van der Waals surface area (Å²) in [6.45, 7) is 0. The number of thiazole rings is 1. The first kappa shape index (κ1) is 18.9. The van der Waals surface area contributed by atoms with Crippen LogP contribution in [0.25, 0.3) is 21.9 Å². The fraction of sp³-hybridized carbons (Fsp3) is 0.158. The first-order chi connectivity index (χ1) is 12.7. The summed E-state index contributed by atoms with van der Waals surface area (Å²) >= 11 is 1.20. The van der Waals surface area contributed by atoms with Gasteiger partial charge >= 0.3 is 6.18 Å². The van der Waals surface area contributed by atoms with Gasteiger partial charge in [-0.2, -0.15) is 13.2 Å². The molecule has 3 rings (SSSR count). The van der Waals surface area contributed by atoms with Gasteiger partial charge in [0.1, 0.15) is 5.01 Å². The molecule has 1 amide bonds. The van der Waals surface area contributed by atoms with Crippen molar-refractivity contribution in [2.45, 2.75) is 6.18 Å². The Labute approximate surface area is 157 Å². The van der Waals surface area contributed by atoms with Crippen LogP contribution < -0.4 is 10.6 Å². The van der Waals surface area contributed by atoms with Crippen LogP contribution in [0.3, 0.4) is 0 Å². The number of primary amides is 1. The van der Waals surface area contributed by atoms with Gasteiger partial charge in [-0.1, -0.05) is 18.2 Å². The number of anilines is 1. The minimum atomic E-state index is -4.58. The lowest BCUT2D eigenvalue weighted by atomic mass is 10.0. The number of fused-ring (bicyclic) bond motifs is 1. The predicted molar refractivity (Wildman–Crippen MR) is 102 cm³/mol. The second-order valence-corrected chi connectivity index (χ2v) is 7.10. The van der Waals surface area contributed by atoms with E-state index in [1.165, 1.54) is 17.4 Å². The summed E-state index contributed by atoms with van der Waals surface area (Å²) in [5, 5.41) is 0.286. The standard InChI is InChI=1S/C19H16F3N3OS/c1-25(2)12-8-7-11(14(10-12)19(20,21)22)9-13(17(23)26)18-24-15-5-3-4-6-16(15)27-18/h3-10H,1-2H3,(H2,23,26)/b13-9+. The van der Waals surface area contributed by atoms with Crippen LogP contribution in [-0.4, -0.2) is 25.0 Å².